The maximum absolute atomic E-state index is 11.0. The number of hydrogen-bond acceptors (Lipinski definition) is 5. The van der Waals surface area contributed by atoms with Crippen LogP contribution in [0.15, 0.2) is 18.2 Å². The van der Waals surface area contributed by atoms with Crippen LogP contribution in [0.5, 0.6) is 5.75 Å². The summed E-state index contributed by atoms with van der Waals surface area (Å²) in [5, 5.41) is 11.7. The largest absolute Gasteiger partial charge is 0.495 e. The molecule has 5 nitrogen and oxygen atoms in total. The molecule has 1 aromatic rings. The Morgan fingerprint density at radius 3 is 2.71 bits per heavy atom. The predicted molar refractivity (Wildman–Crippen MR) is 65.9 cm³/mol. The molecule has 0 radical (unpaired) electrons. The van der Waals surface area contributed by atoms with Gasteiger partial charge < -0.3 is 10.1 Å². The van der Waals surface area contributed by atoms with E-state index in [0.717, 1.165) is 0 Å². The van der Waals surface area contributed by atoms with Crippen molar-refractivity contribution in [3.63, 3.8) is 0 Å². The molecule has 1 rings (SSSR count). The van der Waals surface area contributed by atoms with Crippen LogP contribution in [0.25, 0.3) is 0 Å². The number of nitrogens with zero attached hydrogens (tertiary/aromatic N) is 1. The third-order valence-electron chi connectivity index (χ3n) is 2.12. The Balaban J connectivity index is 2.75. The molecule has 92 valence electrons. The Morgan fingerprint density at radius 1 is 1.47 bits per heavy atom. The quantitative estimate of drug-likeness (QED) is 0.848. The van der Waals surface area contributed by atoms with Gasteiger partial charge in [0, 0.05) is 18.9 Å². The maximum Gasteiger partial charge on any atom is 0.149 e. The van der Waals surface area contributed by atoms with Crippen molar-refractivity contribution in [3.05, 3.63) is 23.8 Å². The van der Waals surface area contributed by atoms with Crippen molar-refractivity contribution < 1.29 is 13.2 Å². The van der Waals surface area contributed by atoms with Gasteiger partial charge in [-0.1, -0.05) is 0 Å². The highest BCUT2D eigenvalue weighted by atomic mass is 32.2. The summed E-state index contributed by atoms with van der Waals surface area (Å²) >= 11 is 0. The highest BCUT2D eigenvalue weighted by molar-refractivity contribution is 7.90. The molecule has 0 atom stereocenters. The summed E-state index contributed by atoms with van der Waals surface area (Å²) in [7, 11) is -1.48. The van der Waals surface area contributed by atoms with Gasteiger partial charge in [0.05, 0.1) is 30.2 Å². The highest BCUT2D eigenvalue weighted by Crippen LogP contribution is 2.24. The third kappa shape index (κ3) is 4.33. The lowest BCUT2D eigenvalue weighted by Gasteiger charge is -2.10. The average Bonchev–Trinajstić information content (AvgIpc) is 2.27. The summed E-state index contributed by atoms with van der Waals surface area (Å²) in [5.41, 5.74) is 1.17. The number of ether oxygens (including phenoxy) is 1. The highest BCUT2D eigenvalue weighted by Gasteiger charge is 2.06. The predicted octanol–water partition coefficient (Wildman–Crippen LogP) is 1.02. The molecule has 0 saturated heterocycles. The van der Waals surface area contributed by atoms with Crippen molar-refractivity contribution in [2.45, 2.75) is 0 Å². The van der Waals surface area contributed by atoms with Crippen molar-refractivity contribution in [2.75, 3.05) is 31.0 Å². The Bertz CT molecular complexity index is 532. The van der Waals surface area contributed by atoms with Crippen molar-refractivity contribution >= 4 is 15.5 Å². The number of rotatable bonds is 5. The molecule has 0 fully saturated rings. The van der Waals surface area contributed by atoms with Crippen LogP contribution < -0.4 is 10.1 Å². The molecule has 1 N–H and O–H groups in total. The molecule has 0 aromatic heterocycles. The van der Waals surface area contributed by atoms with Gasteiger partial charge in [-0.15, -0.1) is 0 Å². The molecule has 0 unspecified atom stereocenters. The molecule has 1 aromatic carbocycles. The van der Waals surface area contributed by atoms with Crippen LogP contribution in [0.4, 0.5) is 5.69 Å². The Labute approximate surface area is 101 Å². The zero-order valence-corrected chi connectivity index (χ0v) is 10.5. The van der Waals surface area contributed by atoms with Crippen LogP contribution in [-0.2, 0) is 9.84 Å². The van der Waals surface area contributed by atoms with E-state index in [1.165, 1.54) is 13.4 Å². The summed E-state index contributed by atoms with van der Waals surface area (Å²) in [6.07, 6.45) is 1.19. The number of nitrogens with one attached hydrogen (secondary N) is 1. The van der Waals surface area contributed by atoms with Crippen LogP contribution in [0, 0.1) is 11.3 Å². The molecule has 0 aliphatic rings. The summed E-state index contributed by atoms with van der Waals surface area (Å²) in [6, 6.07) is 6.94. The van der Waals surface area contributed by atoms with E-state index in [-0.39, 0.29) is 5.75 Å². The first kappa shape index (κ1) is 13.3. The van der Waals surface area contributed by atoms with Gasteiger partial charge in [0.15, 0.2) is 0 Å². The van der Waals surface area contributed by atoms with Crippen LogP contribution in [0.2, 0.25) is 0 Å². The molecular formula is C11H14N2O3S. The number of nitriles is 1. The lowest BCUT2D eigenvalue weighted by molar-refractivity contribution is 0.416. The van der Waals surface area contributed by atoms with E-state index in [4.69, 9.17) is 10.00 Å². The molecular weight excluding hydrogens is 240 g/mol. The first-order chi connectivity index (χ1) is 7.96. The SMILES string of the molecule is COc1cc(C#N)ccc1NCCS(C)(=O)=O. The molecule has 6 heteroatoms. The fourth-order valence-electron chi connectivity index (χ4n) is 1.28. The van der Waals surface area contributed by atoms with Gasteiger partial charge in [-0.2, -0.15) is 5.26 Å². The normalized spacial score (nSPS) is 10.6. The standard InChI is InChI=1S/C11H14N2O3S/c1-16-11-7-9(8-12)3-4-10(11)13-5-6-17(2,14)15/h3-4,7,13H,5-6H2,1-2H3. The van der Waals surface area contributed by atoms with Crippen molar-refractivity contribution in [1.82, 2.24) is 0 Å². The summed E-state index contributed by atoms with van der Waals surface area (Å²) in [4.78, 5) is 0. The number of anilines is 1. The Kier molecular flexibility index (Phi) is 4.35. The minimum atomic E-state index is -2.98. The van der Waals surface area contributed by atoms with Crippen LogP contribution >= 0.6 is 0 Å². The molecule has 0 aliphatic carbocycles. The van der Waals surface area contributed by atoms with Gasteiger partial charge in [-0.05, 0) is 12.1 Å². The van der Waals surface area contributed by atoms with Gasteiger partial charge in [-0.3, -0.25) is 0 Å². The second kappa shape index (κ2) is 5.55. The van der Waals surface area contributed by atoms with E-state index in [1.807, 2.05) is 6.07 Å². The first-order valence-electron chi connectivity index (χ1n) is 4.96. The van der Waals surface area contributed by atoms with Gasteiger partial charge in [0.25, 0.3) is 0 Å². The van der Waals surface area contributed by atoms with Gasteiger partial charge >= 0.3 is 0 Å². The molecule has 0 saturated carbocycles. The van der Waals surface area contributed by atoms with E-state index < -0.39 is 9.84 Å². The average molecular weight is 254 g/mol. The fourth-order valence-corrected chi connectivity index (χ4v) is 1.75. The minimum Gasteiger partial charge on any atom is -0.495 e. The zero-order valence-electron chi connectivity index (χ0n) is 9.73. The maximum atomic E-state index is 11.0. The molecule has 0 spiro atoms. The van der Waals surface area contributed by atoms with Gasteiger partial charge in [0.2, 0.25) is 0 Å². The Hall–Kier alpha value is -1.74. The lowest BCUT2D eigenvalue weighted by atomic mass is 10.2. The summed E-state index contributed by atoms with van der Waals surface area (Å²) in [6.45, 7) is 0.307. The minimum absolute atomic E-state index is 0.0517. The van der Waals surface area contributed by atoms with Crippen molar-refractivity contribution in [1.29, 1.82) is 5.26 Å². The molecule has 0 amide bonds. The monoisotopic (exact) mass is 254 g/mol. The van der Waals surface area contributed by atoms with E-state index in [1.54, 1.807) is 18.2 Å². The molecule has 17 heavy (non-hydrogen) atoms. The Morgan fingerprint density at radius 2 is 2.18 bits per heavy atom. The zero-order chi connectivity index (χ0) is 12.9. The van der Waals surface area contributed by atoms with E-state index in [9.17, 15) is 8.42 Å². The number of sulfone groups is 1. The molecule has 0 bridgehead atoms. The molecule has 0 aliphatic heterocycles. The second-order valence-corrected chi connectivity index (χ2v) is 5.84. The van der Waals surface area contributed by atoms with Crippen LogP contribution in [0.3, 0.4) is 0 Å². The van der Waals surface area contributed by atoms with Crippen molar-refractivity contribution in [3.8, 4) is 11.8 Å². The third-order valence-corrected chi connectivity index (χ3v) is 3.06. The van der Waals surface area contributed by atoms with Crippen LogP contribution in [-0.4, -0.2) is 34.1 Å². The van der Waals surface area contributed by atoms with Gasteiger partial charge in [-0.25, -0.2) is 8.42 Å². The first-order valence-corrected chi connectivity index (χ1v) is 7.02. The van der Waals surface area contributed by atoms with E-state index in [2.05, 4.69) is 5.32 Å². The smallest absolute Gasteiger partial charge is 0.149 e. The van der Waals surface area contributed by atoms with Crippen LogP contribution in [0.1, 0.15) is 5.56 Å². The summed E-state index contributed by atoms with van der Waals surface area (Å²) in [5.74, 6) is 0.577. The molecule has 0 heterocycles. The topological polar surface area (TPSA) is 79.2 Å². The fraction of sp³-hybridized carbons (Fsp3) is 0.364. The van der Waals surface area contributed by atoms with E-state index >= 15 is 0 Å². The lowest BCUT2D eigenvalue weighted by Crippen LogP contribution is -2.14. The second-order valence-electron chi connectivity index (χ2n) is 3.58. The summed E-state index contributed by atoms with van der Waals surface area (Å²) < 4.78 is 27.0. The number of benzene rings is 1. The van der Waals surface area contributed by atoms with Gasteiger partial charge in [0.1, 0.15) is 15.6 Å². The van der Waals surface area contributed by atoms with E-state index in [0.29, 0.717) is 23.5 Å². The van der Waals surface area contributed by atoms with Crippen molar-refractivity contribution in [2.24, 2.45) is 0 Å². The number of methoxy groups -OCH3 is 1. The number of hydrogen-bond donors (Lipinski definition) is 1.